The Bertz CT molecular complexity index is 521. The number of aromatic nitrogens is 2. The minimum absolute atomic E-state index is 0.0208. The Morgan fingerprint density at radius 1 is 1.57 bits per heavy atom. The minimum atomic E-state index is -0.462. The fraction of sp³-hybridized carbons (Fsp3) is 0.125. The normalized spacial score (nSPS) is 10.7. The van der Waals surface area contributed by atoms with E-state index in [0.29, 0.717) is 15.9 Å². The predicted octanol–water partition coefficient (Wildman–Crippen LogP) is 2.13. The van der Waals surface area contributed by atoms with Crippen molar-refractivity contribution in [2.75, 3.05) is 0 Å². The van der Waals surface area contributed by atoms with Gasteiger partial charge in [-0.3, -0.25) is 14.8 Å². The van der Waals surface area contributed by atoms with Gasteiger partial charge in [-0.25, -0.2) is 0 Å². The predicted molar refractivity (Wildman–Crippen MR) is 52.4 cm³/mol. The van der Waals surface area contributed by atoms with Gasteiger partial charge in [0.05, 0.1) is 11.1 Å². The van der Waals surface area contributed by atoms with E-state index in [9.17, 15) is 10.1 Å². The second-order valence-electron chi connectivity index (χ2n) is 2.89. The molecule has 72 valence electrons. The van der Waals surface area contributed by atoms with Gasteiger partial charge >= 0.3 is 0 Å². The van der Waals surface area contributed by atoms with E-state index in [-0.39, 0.29) is 5.69 Å². The number of hydrogen-bond acceptors (Lipinski definition) is 3. The zero-order valence-electron chi connectivity index (χ0n) is 7.27. The van der Waals surface area contributed by atoms with Crippen LogP contribution in [0.2, 0.25) is 5.02 Å². The average molecular weight is 212 g/mol. The maximum atomic E-state index is 10.7. The lowest BCUT2D eigenvalue weighted by atomic mass is 10.2. The number of nitro groups is 1. The molecule has 0 radical (unpaired) electrons. The van der Waals surface area contributed by atoms with E-state index >= 15 is 0 Å². The van der Waals surface area contributed by atoms with Crippen LogP contribution in [0.3, 0.4) is 0 Å². The van der Waals surface area contributed by atoms with Crippen LogP contribution in [0, 0.1) is 10.1 Å². The second kappa shape index (κ2) is 2.95. The first-order chi connectivity index (χ1) is 6.59. The molecule has 0 aliphatic carbocycles. The summed E-state index contributed by atoms with van der Waals surface area (Å²) in [5.41, 5.74) is 0.465. The van der Waals surface area contributed by atoms with Crippen LogP contribution >= 0.6 is 11.6 Å². The molecule has 1 aromatic heterocycles. The number of nitro benzene ring substituents is 1. The maximum Gasteiger partial charge on any atom is 0.296 e. The van der Waals surface area contributed by atoms with Gasteiger partial charge in [-0.2, -0.15) is 5.10 Å². The molecule has 1 aromatic carbocycles. The third-order valence-corrected chi connectivity index (χ3v) is 2.19. The highest BCUT2D eigenvalue weighted by atomic mass is 35.5. The summed E-state index contributed by atoms with van der Waals surface area (Å²) in [4.78, 5) is 10.3. The number of hydrogen-bond donors (Lipinski definition) is 0. The Hall–Kier alpha value is -1.62. The van der Waals surface area contributed by atoms with Crippen molar-refractivity contribution in [3.8, 4) is 0 Å². The first-order valence-electron chi connectivity index (χ1n) is 3.85. The smallest absolute Gasteiger partial charge is 0.261 e. The monoisotopic (exact) mass is 211 g/mol. The Morgan fingerprint density at radius 2 is 2.29 bits per heavy atom. The van der Waals surface area contributed by atoms with Gasteiger partial charge in [0.15, 0.2) is 0 Å². The SMILES string of the molecule is Cn1ncc2cc(Cl)cc([N+](=O)[O-])c21. The second-order valence-corrected chi connectivity index (χ2v) is 3.32. The molecule has 0 aliphatic heterocycles. The van der Waals surface area contributed by atoms with E-state index in [1.54, 1.807) is 19.3 Å². The number of nitrogens with zero attached hydrogens (tertiary/aromatic N) is 3. The molecule has 0 bridgehead atoms. The third kappa shape index (κ3) is 1.22. The molecular weight excluding hydrogens is 206 g/mol. The Balaban J connectivity index is 2.90. The molecule has 5 nitrogen and oxygen atoms in total. The molecule has 0 fully saturated rings. The molecule has 0 saturated heterocycles. The van der Waals surface area contributed by atoms with Gasteiger partial charge in [-0.1, -0.05) is 11.6 Å². The first-order valence-corrected chi connectivity index (χ1v) is 4.23. The highest BCUT2D eigenvalue weighted by Crippen LogP contribution is 2.28. The van der Waals surface area contributed by atoms with Crippen LogP contribution in [0.4, 0.5) is 5.69 Å². The summed E-state index contributed by atoms with van der Waals surface area (Å²) in [6, 6.07) is 2.97. The van der Waals surface area contributed by atoms with E-state index in [4.69, 9.17) is 11.6 Å². The van der Waals surface area contributed by atoms with Crippen molar-refractivity contribution in [1.82, 2.24) is 9.78 Å². The Kier molecular flexibility index (Phi) is 1.89. The summed E-state index contributed by atoms with van der Waals surface area (Å²) in [7, 11) is 1.66. The van der Waals surface area contributed by atoms with Crippen LogP contribution in [0.15, 0.2) is 18.3 Å². The topological polar surface area (TPSA) is 61.0 Å². The number of aryl methyl sites for hydroxylation is 1. The van der Waals surface area contributed by atoms with Gasteiger partial charge in [0.1, 0.15) is 5.52 Å². The molecule has 0 atom stereocenters. The van der Waals surface area contributed by atoms with Crippen molar-refractivity contribution in [1.29, 1.82) is 0 Å². The van der Waals surface area contributed by atoms with Crippen molar-refractivity contribution in [2.45, 2.75) is 0 Å². The van der Waals surface area contributed by atoms with Gasteiger partial charge < -0.3 is 0 Å². The standard InChI is InChI=1S/C8H6ClN3O2/c1-11-8-5(4-10-11)2-6(9)3-7(8)12(13)14/h2-4H,1H3. The molecule has 0 spiro atoms. The van der Waals surface area contributed by atoms with E-state index in [1.807, 2.05) is 0 Å². The molecule has 2 aromatic rings. The van der Waals surface area contributed by atoms with Crippen molar-refractivity contribution in [3.05, 3.63) is 33.5 Å². The lowest BCUT2D eigenvalue weighted by Gasteiger charge is -1.97. The molecule has 6 heteroatoms. The highest BCUT2D eigenvalue weighted by Gasteiger charge is 2.16. The number of non-ortho nitro benzene ring substituents is 1. The van der Waals surface area contributed by atoms with Gasteiger partial charge in [-0.05, 0) is 6.07 Å². The summed E-state index contributed by atoms with van der Waals surface area (Å²) in [5, 5.41) is 15.7. The fourth-order valence-electron chi connectivity index (χ4n) is 1.40. The molecule has 0 aliphatic rings. The molecule has 0 amide bonds. The fourth-order valence-corrected chi connectivity index (χ4v) is 1.62. The van der Waals surface area contributed by atoms with Crippen molar-refractivity contribution in [3.63, 3.8) is 0 Å². The molecular formula is C8H6ClN3O2. The first kappa shape index (κ1) is 8.96. The Labute approximate surface area is 84.0 Å². The van der Waals surface area contributed by atoms with Crippen LogP contribution in [0.5, 0.6) is 0 Å². The zero-order valence-corrected chi connectivity index (χ0v) is 8.02. The lowest BCUT2D eigenvalue weighted by molar-refractivity contribution is -0.383. The van der Waals surface area contributed by atoms with Crippen molar-refractivity contribution >= 4 is 28.2 Å². The minimum Gasteiger partial charge on any atom is -0.261 e. The van der Waals surface area contributed by atoms with Crippen LogP contribution in [0.1, 0.15) is 0 Å². The molecule has 0 unspecified atom stereocenters. The number of benzene rings is 1. The summed E-state index contributed by atoms with van der Waals surface area (Å²) in [6.45, 7) is 0. The van der Waals surface area contributed by atoms with Gasteiger partial charge in [0, 0.05) is 23.5 Å². The molecule has 14 heavy (non-hydrogen) atoms. The molecule has 0 saturated carbocycles. The van der Waals surface area contributed by atoms with Crippen LogP contribution in [-0.4, -0.2) is 14.7 Å². The van der Waals surface area contributed by atoms with Gasteiger partial charge in [-0.15, -0.1) is 0 Å². The third-order valence-electron chi connectivity index (χ3n) is 1.97. The number of fused-ring (bicyclic) bond motifs is 1. The van der Waals surface area contributed by atoms with Crippen molar-refractivity contribution in [2.24, 2.45) is 7.05 Å². The van der Waals surface area contributed by atoms with E-state index in [0.717, 1.165) is 0 Å². The van der Waals surface area contributed by atoms with Crippen molar-refractivity contribution < 1.29 is 4.92 Å². The van der Waals surface area contributed by atoms with Gasteiger partial charge in [0.25, 0.3) is 5.69 Å². The van der Waals surface area contributed by atoms with Crippen LogP contribution < -0.4 is 0 Å². The summed E-state index contributed by atoms with van der Waals surface area (Å²) >= 11 is 5.74. The van der Waals surface area contributed by atoms with Crippen LogP contribution in [-0.2, 0) is 7.05 Å². The molecule has 1 heterocycles. The molecule has 2 rings (SSSR count). The largest absolute Gasteiger partial charge is 0.296 e. The highest BCUT2D eigenvalue weighted by molar-refractivity contribution is 6.31. The number of halogens is 1. The van der Waals surface area contributed by atoms with Crippen LogP contribution in [0.25, 0.3) is 10.9 Å². The average Bonchev–Trinajstić information content (AvgIpc) is 2.46. The number of rotatable bonds is 1. The lowest BCUT2D eigenvalue weighted by Crippen LogP contribution is -1.95. The summed E-state index contributed by atoms with van der Waals surface area (Å²) in [5.74, 6) is 0. The van der Waals surface area contributed by atoms with Gasteiger partial charge in [0.2, 0.25) is 0 Å². The quantitative estimate of drug-likeness (QED) is 0.536. The Morgan fingerprint density at radius 3 is 2.93 bits per heavy atom. The summed E-state index contributed by atoms with van der Waals surface area (Å²) < 4.78 is 1.46. The molecule has 0 N–H and O–H groups in total. The van der Waals surface area contributed by atoms with E-state index < -0.39 is 4.92 Å². The summed E-state index contributed by atoms with van der Waals surface area (Å²) in [6.07, 6.45) is 1.55. The van der Waals surface area contributed by atoms with E-state index in [1.165, 1.54) is 10.7 Å². The maximum absolute atomic E-state index is 10.7. The zero-order chi connectivity index (χ0) is 10.3. The van der Waals surface area contributed by atoms with E-state index in [2.05, 4.69) is 5.10 Å².